The Morgan fingerprint density at radius 2 is 0.500 bits per heavy atom. The molecule has 204 valence electrons. The van der Waals surface area contributed by atoms with Gasteiger partial charge in [-0.05, 0) is 80.8 Å². The largest absolute Gasteiger partial charge is 0.309 e. The van der Waals surface area contributed by atoms with Crippen LogP contribution in [-0.4, -0.2) is 9.13 Å². The van der Waals surface area contributed by atoms with Gasteiger partial charge < -0.3 is 9.13 Å². The molecule has 0 aliphatic carbocycles. The Morgan fingerprint density at radius 1 is 0.227 bits per heavy atom. The molecule has 0 aliphatic rings. The number of nitrogens with zero attached hydrogens (tertiary/aromatic N) is 2. The summed E-state index contributed by atoms with van der Waals surface area (Å²) >= 11 is 0. The Labute approximate surface area is 253 Å². The van der Waals surface area contributed by atoms with Gasteiger partial charge in [0.25, 0.3) is 0 Å². The molecule has 0 spiro atoms. The van der Waals surface area contributed by atoms with Gasteiger partial charge in [0.05, 0.1) is 22.1 Å². The van der Waals surface area contributed by atoms with Gasteiger partial charge in [-0.2, -0.15) is 0 Å². The maximum absolute atomic E-state index is 2.41. The summed E-state index contributed by atoms with van der Waals surface area (Å²) in [7, 11) is 0. The van der Waals surface area contributed by atoms with E-state index in [-0.39, 0.29) is 0 Å². The second kappa shape index (κ2) is 8.82. The number of fused-ring (bicyclic) bond motifs is 12. The molecule has 0 aliphatic heterocycles. The number of aromatic nitrogens is 2. The highest BCUT2D eigenvalue weighted by molar-refractivity contribution is 6.26. The molecule has 0 N–H and O–H groups in total. The second-order valence-electron chi connectivity index (χ2n) is 11.7. The van der Waals surface area contributed by atoms with E-state index in [1.165, 1.54) is 87.3 Å². The molecule has 8 aromatic carbocycles. The van der Waals surface area contributed by atoms with Crippen molar-refractivity contribution in [3.05, 3.63) is 158 Å². The smallest absolute Gasteiger partial charge is 0.0541 e. The Balaban J connectivity index is 1.27. The fourth-order valence-electron chi connectivity index (χ4n) is 7.61. The summed E-state index contributed by atoms with van der Waals surface area (Å²) in [6.45, 7) is 0. The number of rotatable bonds is 2. The maximum atomic E-state index is 2.41. The van der Waals surface area contributed by atoms with Crippen LogP contribution in [-0.2, 0) is 0 Å². The molecular formula is C42H26N2. The standard InChI is InChI=1S/C42H26N2/c1-2-12-30-29(11-1)37-25-27(43-39-17-7-3-13-33(39)34-14-4-8-18-40(34)43)21-23-31(37)32-24-22-28(26-38(30)32)44-41-19-9-5-15-35(41)36-16-6-10-20-42(36)44/h1-26H. The Kier molecular flexibility index (Phi) is 4.75. The number of hydrogen-bond donors (Lipinski definition) is 0. The van der Waals surface area contributed by atoms with Gasteiger partial charge in [-0.1, -0.05) is 109 Å². The molecule has 2 heteroatoms. The van der Waals surface area contributed by atoms with Crippen LogP contribution in [0.25, 0.3) is 87.3 Å². The van der Waals surface area contributed by atoms with Crippen molar-refractivity contribution in [1.82, 2.24) is 9.13 Å². The molecule has 0 saturated heterocycles. The summed E-state index contributed by atoms with van der Waals surface area (Å²) in [6, 6.07) is 57.8. The van der Waals surface area contributed by atoms with Gasteiger partial charge in [0.1, 0.15) is 0 Å². The molecule has 0 radical (unpaired) electrons. The minimum atomic E-state index is 1.18. The van der Waals surface area contributed by atoms with Crippen LogP contribution in [0.4, 0.5) is 0 Å². The Bertz CT molecular complexity index is 2460. The molecule has 10 rings (SSSR count). The predicted octanol–water partition coefficient (Wildman–Crippen LogP) is 11.3. The normalized spacial score (nSPS) is 12.1. The summed E-state index contributed by atoms with van der Waals surface area (Å²) in [6.07, 6.45) is 0. The zero-order valence-corrected chi connectivity index (χ0v) is 23.9. The van der Waals surface area contributed by atoms with Crippen LogP contribution in [0.2, 0.25) is 0 Å². The third-order valence-corrected chi connectivity index (χ3v) is 9.48. The summed E-state index contributed by atoms with van der Waals surface area (Å²) in [5.74, 6) is 0. The van der Waals surface area contributed by atoms with E-state index in [2.05, 4.69) is 167 Å². The van der Waals surface area contributed by atoms with E-state index < -0.39 is 0 Å². The van der Waals surface area contributed by atoms with Crippen molar-refractivity contribution in [2.75, 3.05) is 0 Å². The van der Waals surface area contributed by atoms with E-state index in [1.54, 1.807) is 0 Å². The van der Waals surface area contributed by atoms with E-state index in [9.17, 15) is 0 Å². The first kappa shape index (κ1) is 23.7. The predicted molar refractivity (Wildman–Crippen MR) is 188 cm³/mol. The van der Waals surface area contributed by atoms with Crippen LogP contribution in [0.15, 0.2) is 158 Å². The number of benzene rings is 8. The zero-order chi connectivity index (χ0) is 28.8. The molecule has 2 nitrogen and oxygen atoms in total. The SMILES string of the molecule is c1ccc2c(c1)c1cc(-n3c4ccccc4c4ccccc43)ccc1c1ccc(-n3c4ccccc4c4ccccc43)cc21. The summed E-state index contributed by atoms with van der Waals surface area (Å²) < 4.78 is 4.82. The van der Waals surface area contributed by atoms with Gasteiger partial charge in [0.2, 0.25) is 0 Å². The lowest BCUT2D eigenvalue weighted by molar-refractivity contribution is 1.18. The van der Waals surface area contributed by atoms with Crippen molar-refractivity contribution in [2.45, 2.75) is 0 Å². The lowest BCUT2D eigenvalue weighted by Gasteiger charge is -2.15. The molecule has 44 heavy (non-hydrogen) atoms. The average Bonchev–Trinajstić information content (AvgIpc) is 3.61. The maximum Gasteiger partial charge on any atom is 0.0541 e. The molecular weight excluding hydrogens is 532 g/mol. The zero-order valence-electron chi connectivity index (χ0n) is 23.9. The molecule has 2 heterocycles. The Hall–Kier alpha value is -5.86. The first-order chi connectivity index (χ1) is 21.8. The lowest BCUT2D eigenvalue weighted by atomic mass is 9.93. The monoisotopic (exact) mass is 558 g/mol. The number of hydrogen-bond acceptors (Lipinski definition) is 0. The van der Waals surface area contributed by atoms with Crippen LogP contribution in [0.3, 0.4) is 0 Å². The molecule has 10 aromatic rings. The quantitative estimate of drug-likeness (QED) is 0.187. The summed E-state index contributed by atoms with van der Waals surface area (Å²) in [5.41, 5.74) is 7.29. The molecule has 0 saturated carbocycles. The van der Waals surface area contributed by atoms with Crippen molar-refractivity contribution >= 4 is 75.9 Å². The van der Waals surface area contributed by atoms with Crippen molar-refractivity contribution < 1.29 is 0 Å². The van der Waals surface area contributed by atoms with Gasteiger partial charge in [0.15, 0.2) is 0 Å². The molecule has 2 aromatic heterocycles. The molecule has 0 unspecified atom stereocenters. The average molecular weight is 559 g/mol. The van der Waals surface area contributed by atoms with E-state index >= 15 is 0 Å². The van der Waals surface area contributed by atoms with Crippen LogP contribution < -0.4 is 0 Å². The summed E-state index contributed by atoms with van der Waals surface area (Å²) in [5, 5.41) is 12.8. The van der Waals surface area contributed by atoms with Gasteiger partial charge >= 0.3 is 0 Å². The summed E-state index contributed by atoms with van der Waals surface area (Å²) in [4.78, 5) is 0. The Morgan fingerprint density at radius 3 is 0.841 bits per heavy atom. The second-order valence-corrected chi connectivity index (χ2v) is 11.7. The molecule has 0 atom stereocenters. The van der Waals surface area contributed by atoms with Crippen molar-refractivity contribution in [1.29, 1.82) is 0 Å². The van der Waals surface area contributed by atoms with Crippen molar-refractivity contribution in [3.63, 3.8) is 0 Å². The molecule has 0 bridgehead atoms. The third kappa shape index (κ3) is 3.14. The fourth-order valence-corrected chi connectivity index (χ4v) is 7.61. The van der Waals surface area contributed by atoms with E-state index in [0.29, 0.717) is 0 Å². The van der Waals surface area contributed by atoms with Gasteiger partial charge in [-0.25, -0.2) is 0 Å². The van der Waals surface area contributed by atoms with E-state index in [4.69, 9.17) is 0 Å². The third-order valence-electron chi connectivity index (χ3n) is 9.48. The first-order valence-corrected chi connectivity index (χ1v) is 15.2. The van der Waals surface area contributed by atoms with Crippen LogP contribution in [0.5, 0.6) is 0 Å². The van der Waals surface area contributed by atoms with Gasteiger partial charge in [-0.15, -0.1) is 0 Å². The van der Waals surface area contributed by atoms with Gasteiger partial charge in [-0.3, -0.25) is 0 Å². The fraction of sp³-hybridized carbons (Fsp3) is 0. The van der Waals surface area contributed by atoms with Crippen molar-refractivity contribution in [3.8, 4) is 11.4 Å². The minimum Gasteiger partial charge on any atom is -0.309 e. The number of para-hydroxylation sites is 4. The van der Waals surface area contributed by atoms with Crippen LogP contribution in [0.1, 0.15) is 0 Å². The topological polar surface area (TPSA) is 9.86 Å². The molecule has 0 fully saturated rings. The highest BCUT2D eigenvalue weighted by Crippen LogP contribution is 2.40. The molecule has 0 amide bonds. The highest BCUT2D eigenvalue weighted by atomic mass is 15.0. The van der Waals surface area contributed by atoms with Gasteiger partial charge in [0, 0.05) is 32.9 Å². The minimum absolute atomic E-state index is 1.18. The highest BCUT2D eigenvalue weighted by Gasteiger charge is 2.16. The van der Waals surface area contributed by atoms with Crippen LogP contribution >= 0.6 is 0 Å². The first-order valence-electron chi connectivity index (χ1n) is 15.2. The van der Waals surface area contributed by atoms with Crippen LogP contribution in [0, 0.1) is 0 Å². The van der Waals surface area contributed by atoms with E-state index in [0.717, 1.165) is 0 Å². The lowest BCUT2D eigenvalue weighted by Crippen LogP contribution is -1.96. The van der Waals surface area contributed by atoms with E-state index in [1.807, 2.05) is 0 Å². The van der Waals surface area contributed by atoms with Crippen molar-refractivity contribution in [2.24, 2.45) is 0 Å².